The molecule has 4 heterocycles. The Kier molecular flexibility index (Phi) is 6.74. The Labute approximate surface area is 201 Å². The summed E-state index contributed by atoms with van der Waals surface area (Å²) in [5.74, 6) is 0.704. The smallest absolute Gasteiger partial charge is 0.263 e. The van der Waals surface area contributed by atoms with Crippen LogP contribution < -0.4 is 20.1 Å². The summed E-state index contributed by atoms with van der Waals surface area (Å²) in [7, 11) is 1.46. The van der Waals surface area contributed by atoms with Crippen molar-refractivity contribution in [3.63, 3.8) is 0 Å². The summed E-state index contributed by atoms with van der Waals surface area (Å²) in [5, 5.41) is 6.62. The molecular formula is C25H27F2N5O3. The van der Waals surface area contributed by atoms with E-state index in [1.807, 2.05) is 12.1 Å². The van der Waals surface area contributed by atoms with Crippen LogP contribution in [0, 0.1) is 17.6 Å². The van der Waals surface area contributed by atoms with Crippen LogP contribution in [-0.4, -0.2) is 60.7 Å². The molecule has 0 radical (unpaired) electrons. The molecule has 0 bridgehead atoms. The second kappa shape index (κ2) is 10.1. The average Bonchev–Trinajstić information content (AvgIpc) is 3.30. The van der Waals surface area contributed by atoms with Crippen molar-refractivity contribution in [2.24, 2.45) is 5.92 Å². The molecule has 2 aliphatic rings. The molecule has 1 atom stereocenters. The number of benzene rings is 1. The molecule has 0 saturated carbocycles. The van der Waals surface area contributed by atoms with Crippen LogP contribution in [0.2, 0.25) is 0 Å². The number of carbonyl (C=O) groups excluding carboxylic acids is 1. The van der Waals surface area contributed by atoms with Crippen molar-refractivity contribution >= 4 is 22.6 Å². The highest BCUT2D eigenvalue weighted by Crippen LogP contribution is 2.28. The summed E-state index contributed by atoms with van der Waals surface area (Å²) in [5.41, 5.74) is 1.45. The largest absolute Gasteiger partial charge is 0.497 e. The molecule has 1 saturated heterocycles. The molecule has 1 amide bonds. The van der Waals surface area contributed by atoms with E-state index in [2.05, 4.69) is 25.5 Å². The number of carbonyl (C=O) groups is 1. The number of anilines is 1. The van der Waals surface area contributed by atoms with Crippen LogP contribution in [0.4, 0.5) is 14.6 Å². The van der Waals surface area contributed by atoms with Gasteiger partial charge in [0.15, 0.2) is 24.0 Å². The van der Waals surface area contributed by atoms with Gasteiger partial charge in [-0.15, -0.1) is 0 Å². The highest BCUT2D eigenvalue weighted by molar-refractivity contribution is 5.94. The van der Waals surface area contributed by atoms with Crippen molar-refractivity contribution in [3.05, 3.63) is 53.4 Å². The molecule has 1 aromatic carbocycles. The second-order valence-corrected chi connectivity index (χ2v) is 8.91. The van der Waals surface area contributed by atoms with Gasteiger partial charge in [-0.05, 0) is 50.0 Å². The lowest BCUT2D eigenvalue weighted by Crippen LogP contribution is -2.28. The first-order valence-corrected chi connectivity index (χ1v) is 11.7. The topological polar surface area (TPSA) is 88.6 Å². The number of amides is 1. The molecule has 2 aromatic heterocycles. The van der Waals surface area contributed by atoms with E-state index in [1.54, 1.807) is 6.07 Å². The zero-order valence-electron chi connectivity index (χ0n) is 19.4. The van der Waals surface area contributed by atoms with E-state index in [0.29, 0.717) is 53.7 Å². The third-order valence-corrected chi connectivity index (χ3v) is 6.51. The lowest BCUT2D eigenvalue weighted by molar-refractivity contribution is -0.118. The summed E-state index contributed by atoms with van der Waals surface area (Å²) in [6.45, 7) is 3.93. The molecule has 10 heteroatoms. The van der Waals surface area contributed by atoms with Gasteiger partial charge in [0.25, 0.3) is 5.91 Å². The van der Waals surface area contributed by atoms with Crippen LogP contribution in [0.1, 0.15) is 17.7 Å². The standard InChI is InChI=1S/C25H27F2N5O3/c1-34-17-8-19-18(21(27)12-29-24(19)20(26)9-17)5-7-32-6-4-15(13-32)10-28-11-16-2-3-22-25(30-16)31-23(33)14-35-22/h2-3,8-9,12,15,28H,4-7,10-11,13-14H2,1H3,(H,30,31,33). The third kappa shape index (κ3) is 5.18. The van der Waals surface area contributed by atoms with Crippen LogP contribution in [0.5, 0.6) is 11.5 Å². The van der Waals surface area contributed by atoms with Crippen LogP contribution in [-0.2, 0) is 17.8 Å². The van der Waals surface area contributed by atoms with Gasteiger partial charge in [0.05, 0.1) is 19.0 Å². The number of nitrogens with zero attached hydrogens (tertiary/aromatic N) is 3. The number of nitrogens with one attached hydrogen (secondary N) is 2. The molecule has 1 unspecified atom stereocenters. The van der Waals surface area contributed by atoms with E-state index in [-0.39, 0.29) is 18.0 Å². The van der Waals surface area contributed by atoms with Gasteiger partial charge in [-0.3, -0.25) is 9.78 Å². The normalized spacial score (nSPS) is 17.8. The molecule has 8 nitrogen and oxygen atoms in total. The predicted molar refractivity (Wildman–Crippen MR) is 127 cm³/mol. The van der Waals surface area contributed by atoms with Gasteiger partial charge in [0.1, 0.15) is 17.1 Å². The van der Waals surface area contributed by atoms with E-state index >= 15 is 0 Å². The quantitative estimate of drug-likeness (QED) is 0.509. The van der Waals surface area contributed by atoms with Gasteiger partial charge in [-0.25, -0.2) is 13.8 Å². The van der Waals surface area contributed by atoms with Gasteiger partial charge >= 0.3 is 0 Å². The molecule has 2 aliphatic heterocycles. The van der Waals surface area contributed by atoms with Crippen LogP contribution >= 0.6 is 0 Å². The molecule has 0 aliphatic carbocycles. The SMILES string of the molecule is COc1cc(F)c2ncc(F)c(CCN3CCC(CNCc4ccc5c(n4)NC(=O)CO5)C3)c2c1. The number of hydrogen-bond acceptors (Lipinski definition) is 7. The molecule has 5 rings (SSSR count). The molecule has 35 heavy (non-hydrogen) atoms. The Morgan fingerprint density at radius 2 is 2.17 bits per heavy atom. The van der Waals surface area contributed by atoms with Crippen molar-refractivity contribution < 1.29 is 23.0 Å². The van der Waals surface area contributed by atoms with E-state index in [4.69, 9.17) is 9.47 Å². The summed E-state index contributed by atoms with van der Waals surface area (Å²) in [4.78, 5) is 22.2. The Hall–Kier alpha value is -3.37. The molecule has 2 N–H and O–H groups in total. The van der Waals surface area contributed by atoms with Crippen molar-refractivity contribution in [2.45, 2.75) is 19.4 Å². The minimum Gasteiger partial charge on any atom is -0.497 e. The minimum atomic E-state index is -0.517. The summed E-state index contributed by atoms with van der Waals surface area (Å²) in [6, 6.07) is 6.61. The van der Waals surface area contributed by atoms with Gasteiger partial charge in [0, 0.05) is 36.7 Å². The fourth-order valence-electron chi connectivity index (χ4n) is 4.69. The fraction of sp³-hybridized carbons (Fsp3) is 0.400. The Balaban J connectivity index is 1.14. The summed E-state index contributed by atoms with van der Waals surface area (Å²) in [6.07, 6.45) is 2.59. The highest BCUT2D eigenvalue weighted by atomic mass is 19.1. The van der Waals surface area contributed by atoms with Crippen molar-refractivity contribution in [2.75, 3.05) is 45.2 Å². The number of aromatic nitrogens is 2. The monoisotopic (exact) mass is 483 g/mol. The zero-order chi connectivity index (χ0) is 24.4. The van der Waals surface area contributed by atoms with Crippen molar-refractivity contribution in [1.82, 2.24) is 20.2 Å². The summed E-state index contributed by atoms with van der Waals surface area (Å²) < 4.78 is 39.5. The number of rotatable bonds is 8. The van der Waals surface area contributed by atoms with E-state index < -0.39 is 11.6 Å². The fourth-order valence-corrected chi connectivity index (χ4v) is 4.69. The predicted octanol–water partition coefficient (Wildman–Crippen LogP) is 2.90. The van der Waals surface area contributed by atoms with E-state index in [1.165, 1.54) is 13.2 Å². The maximum Gasteiger partial charge on any atom is 0.263 e. The minimum absolute atomic E-state index is 0.0135. The van der Waals surface area contributed by atoms with Crippen LogP contribution in [0.15, 0.2) is 30.5 Å². The molecule has 184 valence electrons. The number of halogens is 2. The first-order valence-electron chi connectivity index (χ1n) is 11.7. The number of likely N-dealkylation sites (tertiary alicyclic amines) is 1. The Bertz CT molecular complexity index is 1260. The van der Waals surface area contributed by atoms with E-state index in [9.17, 15) is 13.6 Å². The van der Waals surface area contributed by atoms with Gasteiger partial charge < -0.3 is 25.0 Å². The van der Waals surface area contributed by atoms with Gasteiger partial charge in [-0.2, -0.15) is 0 Å². The maximum atomic E-state index is 14.6. The van der Waals surface area contributed by atoms with Gasteiger partial charge in [0.2, 0.25) is 0 Å². The van der Waals surface area contributed by atoms with Gasteiger partial charge in [-0.1, -0.05) is 0 Å². The van der Waals surface area contributed by atoms with Crippen LogP contribution in [0.25, 0.3) is 10.9 Å². The molecule has 3 aromatic rings. The average molecular weight is 484 g/mol. The lowest BCUT2D eigenvalue weighted by Gasteiger charge is -2.18. The van der Waals surface area contributed by atoms with Crippen LogP contribution in [0.3, 0.4) is 0 Å². The molecular weight excluding hydrogens is 456 g/mol. The van der Waals surface area contributed by atoms with Crippen molar-refractivity contribution in [3.8, 4) is 11.5 Å². The molecule has 1 fully saturated rings. The summed E-state index contributed by atoms with van der Waals surface area (Å²) >= 11 is 0. The number of methoxy groups -OCH3 is 1. The Morgan fingerprint density at radius 1 is 1.29 bits per heavy atom. The number of ether oxygens (including phenoxy) is 2. The first kappa shape index (κ1) is 23.4. The maximum absolute atomic E-state index is 14.6. The third-order valence-electron chi connectivity index (χ3n) is 6.51. The first-order chi connectivity index (χ1) is 17.0. The highest BCUT2D eigenvalue weighted by Gasteiger charge is 2.23. The number of hydrogen-bond donors (Lipinski definition) is 2. The van der Waals surface area contributed by atoms with Crippen molar-refractivity contribution in [1.29, 1.82) is 0 Å². The second-order valence-electron chi connectivity index (χ2n) is 8.91. The molecule has 0 spiro atoms. The Morgan fingerprint density at radius 3 is 3.03 bits per heavy atom. The number of pyridine rings is 2. The van der Waals surface area contributed by atoms with E-state index in [0.717, 1.165) is 37.9 Å². The lowest BCUT2D eigenvalue weighted by atomic mass is 10.0. The number of fused-ring (bicyclic) bond motifs is 2. The zero-order valence-corrected chi connectivity index (χ0v) is 19.4.